The molecule has 0 saturated carbocycles. The molecule has 2 aromatic carbocycles. The predicted molar refractivity (Wildman–Crippen MR) is 133 cm³/mol. The topological polar surface area (TPSA) is 74.8 Å². The molecule has 1 atom stereocenters. The average Bonchev–Trinajstić information content (AvgIpc) is 2.77. The van der Waals surface area contributed by atoms with Crippen LogP contribution in [0.4, 0.5) is 10.2 Å². The first kappa shape index (κ1) is 22.6. The number of aromatic amines is 1. The van der Waals surface area contributed by atoms with E-state index in [1.54, 1.807) is 18.2 Å². The number of Topliss-reactive ketones (excluding diaryl/α,β-unsaturated/α-hetero) is 1. The van der Waals surface area contributed by atoms with E-state index in [1.165, 1.54) is 17.8 Å². The first-order valence-corrected chi connectivity index (χ1v) is 12.3. The standard InChI is InChI=1S/C27H26FN3O2S/c1-15-8-10-16(11-9-15)21-22-19(12-27(2,3)13-20(22)32)29-24-23(21)25(33)31-26(30-24)34-14-17-6-4-5-7-18(17)28/h4-11,21H,12-14H2,1-3H3,(H2,29,30,31,33)/t21-/m1/s1. The van der Waals surface area contributed by atoms with Crippen molar-refractivity contribution in [1.82, 2.24) is 9.97 Å². The van der Waals surface area contributed by atoms with E-state index in [9.17, 15) is 14.0 Å². The second-order valence-corrected chi connectivity index (χ2v) is 10.8. The number of hydrogen-bond acceptors (Lipinski definition) is 5. The molecule has 1 aromatic heterocycles. The van der Waals surface area contributed by atoms with E-state index in [0.29, 0.717) is 46.3 Å². The number of allylic oxidation sites excluding steroid dienone is 2. The Bertz CT molecular complexity index is 1380. The maximum Gasteiger partial charge on any atom is 0.257 e. The molecule has 2 aliphatic rings. The van der Waals surface area contributed by atoms with Gasteiger partial charge in [0.2, 0.25) is 0 Å². The van der Waals surface area contributed by atoms with E-state index >= 15 is 0 Å². The third-order valence-electron chi connectivity index (χ3n) is 6.43. The van der Waals surface area contributed by atoms with E-state index in [-0.39, 0.29) is 22.6 Å². The number of carbonyl (C=O) groups is 1. The van der Waals surface area contributed by atoms with Crippen molar-refractivity contribution in [3.05, 3.63) is 98.2 Å². The van der Waals surface area contributed by atoms with Crippen molar-refractivity contribution in [1.29, 1.82) is 0 Å². The van der Waals surface area contributed by atoms with Gasteiger partial charge < -0.3 is 10.3 Å². The smallest absolute Gasteiger partial charge is 0.257 e. The monoisotopic (exact) mass is 475 g/mol. The number of benzene rings is 2. The second-order valence-electron chi connectivity index (χ2n) is 9.82. The molecule has 0 bridgehead atoms. The van der Waals surface area contributed by atoms with Crippen LogP contribution in [0.1, 0.15) is 54.9 Å². The first-order valence-electron chi connectivity index (χ1n) is 11.3. The summed E-state index contributed by atoms with van der Waals surface area (Å²) in [6, 6.07) is 14.5. The van der Waals surface area contributed by atoms with Gasteiger partial charge in [0, 0.05) is 29.4 Å². The van der Waals surface area contributed by atoms with Gasteiger partial charge in [-0.05, 0) is 36.0 Å². The summed E-state index contributed by atoms with van der Waals surface area (Å²) >= 11 is 1.27. The van der Waals surface area contributed by atoms with Gasteiger partial charge in [-0.3, -0.25) is 9.59 Å². The second kappa shape index (κ2) is 8.55. The van der Waals surface area contributed by atoms with Gasteiger partial charge in [-0.2, -0.15) is 0 Å². The van der Waals surface area contributed by atoms with Crippen LogP contribution in [0, 0.1) is 18.2 Å². The molecule has 0 unspecified atom stereocenters. The van der Waals surface area contributed by atoms with Crippen LogP contribution in [-0.4, -0.2) is 15.8 Å². The molecule has 1 aliphatic heterocycles. The van der Waals surface area contributed by atoms with Crippen LogP contribution in [0.3, 0.4) is 0 Å². The largest absolute Gasteiger partial charge is 0.343 e. The lowest BCUT2D eigenvalue weighted by Gasteiger charge is -2.38. The normalized spacial score (nSPS) is 18.8. The Morgan fingerprint density at radius 2 is 1.82 bits per heavy atom. The maximum atomic E-state index is 14.1. The highest BCUT2D eigenvalue weighted by Gasteiger charge is 2.42. The fourth-order valence-corrected chi connectivity index (χ4v) is 5.66. The van der Waals surface area contributed by atoms with Gasteiger partial charge in [0.15, 0.2) is 10.9 Å². The summed E-state index contributed by atoms with van der Waals surface area (Å²) in [6.07, 6.45) is 1.13. The highest BCUT2D eigenvalue weighted by atomic mass is 32.2. The van der Waals surface area contributed by atoms with Crippen molar-refractivity contribution < 1.29 is 9.18 Å². The minimum absolute atomic E-state index is 0.0624. The predicted octanol–water partition coefficient (Wildman–Crippen LogP) is 5.71. The van der Waals surface area contributed by atoms with Gasteiger partial charge in [0.1, 0.15) is 11.6 Å². The van der Waals surface area contributed by atoms with Gasteiger partial charge in [0.05, 0.1) is 5.56 Å². The molecule has 0 saturated heterocycles. The first-order chi connectivity index (χ1) is 16.2. The lowest BCUT2D eigenvalue weighted by molar-refractivity contribution is -0.118. The van der Waals surface area contributed by atoms with Crippen molar-refractivity contribution >= 4 is 23.4 Å². The molecule has 5 nitrogen and oxygen atoms in total. The van der Waals surface area contributed by atoms with Crippen molar-refractivity contribution in [2.45, 2.75) is 50.4 Å². The Labute approximate surface area is 201 Å². The van der Waals surface area contributed by atoms with Crippen LogP contribution in [0.5, 0.6) is 0 Å². The van der Waals surface area contributed by atoms with Gasteiger partial charge in [0.25, 0.3) is 5.56 Å². The number of ketones is 1. The molecule has 3 aromatic rings. The molecule has 0 fully saturated rings. The van der Waals surface area contributed by atoms with Crippen LogP contribution in [0.25, 0.3) is 0 Å². The fraction of sp³-hybridized carbons (Fsp3) is 0.296. The Morgan fingerprint density at radius 1 is 1.09 bits per heavy atom. The number of nitrogens with one attached hydrogen (secondary N) is 2. The van der Waals surface area contributed by atoms with Crippen LogP contribution < -0.4 is 10.9 Å². The SMILES string of the molecule is Cc1ccc([C@@H]2C3=C(CC(C)(C)CC3=O)Nc3nc(SCc4ccccc4F)[nH]c(=O)c32)cc1. The van der Waals surface area contributed by atoms with Crippen LogP contribution in [0.15, 0.2) is 69.8 Å². The minimum Gasteiger partial charge on any atom is -0.343 e. The molecule has 2 heterocycles. The zero-order valence-electron chi connectivity index (χ0n) is 19.4. The van der Waals surface area contributed by atoms with Crippen molar-refractivity contribution in [3.63, 3.8) is 0 Å². The molecule has 174 valence electrons. The lowest BCUT2D eigenvalue weighted by Crippen LogP contribution is -2.37. The third kappa shape index (κ3) is 4.20. The quantitative estimate of drug-likeness (QED) is 0.373. The highest BCUT2D eigenvalue weighted by Crippen LogP contribution is 2.47. The highest BCUT2D eigenvalue weighted by molar-refractivity contribution is 7.98. The average molecular weight is 476 g/mol. The van der Waals surface area contributed by atoms with Crippen LogP contribution in [0.2, 0.25) is 0 Å². The molecule has 34 heavy (non-hydrogen) atoms. The Kier molecular flexibility index (Phi) is 5.68. The van der Waals surface area contributed by atoms with Crippen molar-refractivity contribution in [2.24, 2.45) is 5.41 Å². The van der Waals surface area contributed by atoms with E-state index in [4.69, 9.17) is 4.98 Å². The van der Waals surface area contributed by atoms with Crippen LogP contribution in [-0.2, 0) is 10.5 Å². The number of nitrogens with zero attached hydrogens (tertiary/aromatic N) is 1. The number of aryl methyl sites for hydroxylation is 1. The summed E-state index contributed by atoms with van der Waals surface area (Å²) in [4.78, 5) is 34.2. The molecule has 2 N–H and O–H groups in total. The Balaban J connectivity index is 1.59. The van der Waals surface area contributed by atoms with Crippen LogP contribution >= 0.6 is 11.8 Å². The lowest BCUT2D eigenvalue weighted by atomic mass is 9.69. The van der Waals surface area contributed by atoms with Gasteiger partial charge in [-0.25, -0.2) is 9.37 Å². The van der Waals surface area contributed by atoms with Gasteiger partial charge >= 0.3 is 0 Å². The molecule has 0 spiro atoms. The number of rotatable bonds is 4. The molecule has 5 rings (SSSR count). The van der Waals surface area contributed by atoms with E-state index < -0.39 is 5.92 Å². The summed E-state index contributed by atoms with van der Waals surface area (Å²) in [5.41, 5.74) is 4.03. The molecule has 7 heteroatoms. The summed E-state index contributed by atoms with van der Waals surface area (Å²) in [5.74, 6) is 0.111. The maximum absolute atomic E-state index is 14.1. The number of anilines is 1. The third-order valence-corrected chi connectivity index (χ3v) is 7.36. The number of fused-ring (bicyclic) bond motifs is 1. The van der Waals surface area contributed by atoms with Crippen molar-refractivity contribution in [3.8, 4) is 0 Å². The van der Waals surface area contributed by atoms with E-state index in [1.807, 2.05) is 31.2 Å². The summed E-state index contributed by atoms with van der Waals surface area (Å²) in [6.45, 7) is 6.16. The van der Waals surface area contributed by atoms with Crippen molar-refractivity contribution in [2.75, 3.05) is 5.32 Å². The fourth-order valence-electron chi connectivity index (χ4n) is 4.82. The number of halogens is 1. The number of thioether (sulfide) groups is 1. The van der Waals surface area contributed by atoms with E-state index in [0.717, 1.165) is 16.8 Å². The molecule has 1 aliphatic carbocycles. The Hall–Kier alpha value is -3.19. The number of carbonyl (C=O) groups excluding carboxylic acids is 1. The minimum atomic E-state index is -0.475. The van der Waals surface area contributed by atoms with Gasteiger partial charge in [-0.15, -0.1) is 0 Å². The summed E-state index contributed by atoms with van der Waals surface area (Å²) < 4.78 is 14.1. The number of aromatic nitrogens is 2. The zero-order valence-corrected chi connectivity index (χ0v) is 20.2. The van der Waals surface area contributed by atoms with E-state index in [2.05, 4.69) is 24.1 Å². The zero-order chi connectivity index (χ0) is 24.0. The number of hydrogen-bond donors (Lipinski definition) is 2. The summed E-state index contributed by atoms with van der Waals surface area (Å²) in [7, 11) is 0. The number of H-pyrrole nitrogens is 1. The molecule has 0 radical (unpaired) electrons. The molecule has 0 amide bonds. The molecular weight excluding hydrogens is 449 g/mol. The van der Waals surface area contributed by atoms with Gasteiger partial charge in [-0.1, -0.05) is 73.6 Å². The molecular formula is C27H26FN3O2S. The summed E-state index contributed by atoms with van der Waals surface area (Å²) in [5, 5.41) is 3.74. The Morgan fingerprint density at radius 3 is 2.56 bits per heavy atom.